The molecule has 3 nitrogen and oxygen atoms in total. The predicted octanol–water partition coefficient (Wildman–Crippen LogP) is -0.0886. The molecule has 0 bridgehead atoms. The second kappa shape index (κ2) is 2.23. The molecular weight excluding hydrogens is 130 g/mol. The number of morpholine rings is 1. The van der Waals surface area contributed by atoms with Crippen LogP contribution in [-0.4, -0.2) is 25.2 Å². The molecule has 1 amide bonds. The highest BCUT2D eigenvalue weighted by Crippen LogP contribution is 2.34. The summed E-state index contributed by atoms with van der Waals surface area (Å²) < 4.78 is 5.30. The number of amides is 1. The molecule has 10 heavy (non-hydrogen) atoms. The summed E-state index contributed by atoms with van der Waals surface area (Å²) in [5.41, 5.74) is 0. The zero-order chi connectivity index (χ0) is 6.97. The highest BCUT2D eigenvalue weighted by atomic mass is 16.5. The lowest BCUT2D eigenvalue weighted by molar-refractivity contribution is -0.133. The van der Waals surface area contributed by atoms with Gasteiger partial charge in [0, 0.05) is 6.54 Å². The minimum atomic E-state index is 0.0249. The van der Waals surface area contributed by atoms with Crippen molar-refractivity contribution in [3.8, 4) is 0 Å². The average molecular weight is 141 g/mol. The molecule has 0 aromatic heterocycles. The largest absolute Gasteiger partial charge is 0.366 e. The summed E-state index contributed by atoms with van der Waals surface area (Å²) in [6.45, 7) is 0.991. The Balaban J connectivity index is 1.84. The van der Waals surface area contributed by atoms with Crippen molar-refractivity contribution in [3.63, 3.8) is 0 Å². The van der Waals surface area contributed by atoms with Crippen LogP contribution in [-0.2, 0) is 9.53 Å². The summed E-state index contributed by atoms with van der Waals surface area (Å²) in [6, 6.07) is 0. The third-order valence-electron chi connectivity index (χ3n) is 2.08. The molecule has 2 fully saturated rings. The molecule has 2 aliphatic rings. The van der Waals surface area contributed by atoms with E-state index >= 15 is 0 Å². The van der Waals surface area contributed by atoms with Crippen LogP contribution in [0.15, 0.2) is 0 Å². The van der Waals surface area contributed by atoms with Crippen LogP contribution in [0.4, 0.5) is 0 Å². The summed E-state index contributed by atoms with van der Waals surface area (Å²) in [5.74, 6) is 0.762. The van der Waals surface area contributed by atoms with Crippen LogP contribution in [0.25, 0.3) is 0 Å². The summed E-state index contributed by atoms with van der Waals surface area (Å²) in [7, 11) is 0. The van der Waals surface area contributed by atoms with E-state index in [1.807, 2.05) is 0 Å². The fourth-order valence-corrected chi connectivity index (χ4v) is 1.28. The van der Waals surface area contributed by atoms with Crippen LogP contribution in [0.2, 0.25) is 0 Å². The Morgan fingerprint density at radius 1 is 1.50 bits per heavy atom. The van der Waals surface area contributed by atoms with Crippen LogP contribution in [0.1, 0.15) is 12.8 Å². The number of carbonyl (C=O) groups is 1. The number of rotatable bonds is 1. The lowest BCUT2D eigenvalue weighted by Crippen LogP contribution is -2.43. The Labute approximate surface area is 59.7 Å². The molecule has 2 rings (SSSR count). The number of hydrogen-bond acceptors (Lipinski definition) is 2. The van der Waals surface area contributed by atoms with Crippen molar-refractivity contribution in [1.82, 2.24) is 5.32 Å². The highest BCUT2D eigenvalue weighted by Gasteiger charge is 2.34. The van der Waals surface area contributed by atoms with Crippen LogP contribution in [0.3, 0.4) is 0 Å². The van der Waals surface area contributed by atoms with Gasteiger partial charge in [0.05, 0.1) is 6.10 Å². The molecule has 3 heteroatoms. The second-order valence-corrected chi connectivity index (χ2v) is 2.99. The van der Waals surface area contributed by atoms with Gasteiger partial charge in [-0.3, -0.25) is 4.79 Å². The quantitative estimate of drug-likeness (QED) is 0.554. The molecule has 0 aromatic carbocycles. The minimum Gasteiger partial charge on any atom is -0.366 e. The Hall–Kier alpha value is -0.570. The number of ether oxygens (including phenoxy) is 1. The second-order valence-electron chi connectivity index (χ2n) is 2.99. The zero-order valence-corrected chi connectivity index (χ0v) is 5.80. The topological polar surface area (TPSA) is 38.3 Å². The van der Waals surface area contributed by atoms with E-state index in [-0.39, 0.29) is 12.5 Å². The van der Waals surface area contributed by atoms with E-state index in [1.165, 1.54) is 12.8 Å². The van der Waals surface area contributed by atoms with Crippen molar-refractivity contribution >= 4 is 5.91 Å². The summed E-state index contributed by atoms with van der Waals surface area (Å²) >= 11 is 0. The van der Waals surface area contributed by atoms with Gasteiger partial charge in [0.15, 0.2) is 0 Å². The van der Waals surface area contributed by atoms with Crippen molar-refractivity contribution < 1.29 is 9.53 Å². The third kappa shape index (κ3) is 1.14. The number of nitrogens with one attached hydrogen (secondary N) is 1. The van der Waals surface area contributed by atoms with Crippen LogP contribution in [0.5, 0.6) is 0 Å². The fraction of sp³-hybridized carbons (Fsp3) is 0.857. The highest BCUT2D eigenvalue weighted by molar-refractivity contribution is 5.77. The van der Waals surface area contributed by atoms with Gasteiger partial charge in [-0.15, -0.1) is 0 Å². The number of carbonyl (C=O) groups excluding carboxylic acids is 1. The van der Waals surface area contributed by atoms with Gasteiger partial charge in [0.25, 0.3) is 0 Å². The van der Waals surface area contributed by atoms with E-state index in [2.05, 4.69) is 5.32 Å². The van der Waals surface area contributed by atoms with Crippen molar-refractivity contribution in [3.05, 3.63) is 0 Å². The maximum Gasteiger partial charge on any atom is 0.246 e. The minimum absolute atomic E-state index is 0.0249. The zero-order valence-electron chi connectivity index (χ0n) is 5.80. The number of hydrogen-bond donors (Lipinski definition) is 1. The van der Waals surface area contributed by atoms with E-state index in [4.69, 9.17) is 4.74 Å². The van der Waals surface area contributed by atoms with Gasteiger partial charge in [-0.1, -0.05) is 0 Å². The van der Waals surface area contributed by atoms with E-state index < -0.39 is 0 Å². The molecule has 1 N–H and O–H groups in total. The van der Waals surface area contributed by atoms with E-state index in [1.54, 1.807) is 0 Å². The van der Waals surface area contributed by atoms with Crippen LogP contribution < -0.4 is 5.32 Å². The summed E-state index contributed by atoms with van der Waals surface area (Å²) in [4.78, 5) is 10.6. The third-order valence-corrected chi connectivity index (χ3v) is 2.08. The molecule has 1 atom stereocenters. The molecule has 1 aliphatic heterocycles. The first-order valence-corrected chi connectivity index (χ1v) is 3.74. The maximum absolute atomic E-state index is 10.6. The van der Waals surface area contributed by atoms with Crippen molar-refractivity contribution in [2.45, 2.75) is 18.9 Å². The van der Waals surface area contributed by atoms with Crippen LogP contribution >= 0.6 is 0 Å². The van der Waals surface area contributed by atoms with Gasteiger partial charge in [-0.25, -0.2) is 0 Å². The fourth-order valence-electron chi connectivity index (χ4n) is 1.28. The molecule has 1 heterocycles. The molecule has 0 aromatic rings. The van der Waals surface area contributed by atoms with Gasteiger partial charge < -0.3 is 10.1 Å². The van der Waals surface area contributed by atoms with Gasteiger partial charge >= 0.3 is 0 Å². The first kappa shape index (κ1) is 6.16. The van der Waals surface area contributed by atoms with Gasteiger partial charge in [0.2, 0.25) is 5.91 Å². The molecule has 0 spiro atoms. The van der Waals surface area contributed by atoms with E-state index in [0.29, 0.717) is 6.10 Å². The molecule has 1 saturated carbocycles. The maximum atomic E-state index is 10.6. The molecule has 1 aliphatic carbocycles. The van der Waals surface area contributed by atoms with Crippen LogP contribution in [0, 0.1) is 5.92 Å². The summed E-state index contributed by atoms with van der Waals surface area (Å²) in [5, 5.41) is 2.79. The lowest BCUT2D eigenvalue weighted by Gasteiger charge is -2.22. The van der Waals surface area contributed by atoms with Gasteiger partial charge in [-0.2, -0.15) is 0 Å². The SMILES string of the molecule is O=C1COC(C2CC2)CN1. The normalized spacial score (nSPS) is 33.6. The predicted molar refractivity (Wildman–Crippen MR) is 35.5 cm³/mol. The molecular formula is C7H11NO2. The Morgan fingerprint density at radius 3 is 2.80 bits per heavy atom. The molecule has 0 radical (unpaired) electrons. The Bertz CT molecular complexity index is 144. The smallest absolute Gasteiger partial charge is 0.246 e. The lowest BCUT2D eigenvalue weighted by atomic mass is 10.2. The summed E-state index contributed by atoms with van der Waals surface area (Å²) in [6.07, 6.45) is 2.87. The monoisotopic (exact) mass is 141 g/mol. The van der Waals surface area contributed by atoms with Gasteiger partial charge in [-0.05, 0) is 18.8 Å². The average Bonchev–Trinajstić information content (AvgIpc) is 2.71. The standard InChI is InChI=1S/C7H11NO2/c9-7-4-10-6(3-8-7)5-1-2-5/h5-6H,1-4H2,(H,8,9). The van der Waals surface area contributed by atoms with E-state index in [0.717, 1.165) is 12.5 Å². The van der Waals surface area contributed by atoms with Gasteiger partial charge in [0.1, 0.15) is 6.61 Å². The van der Waals surface area contributed by atoms with Crippen molar-refractivity contribution in [2.24, 2.45) is 5.92 Å². The van der Waals surface area contributed by atoms with Crippen molar-refractivity contribution in [2.75, 3.05) is 13.2 Å². The first-order valence-electron chi connectivity index (χ1n) is 3.74. The molecule has 1 unspecified atom stereocenters. The van der Waals surface area contributed by atoms with E-state index in [9.17, 15) is 4.79 Å². The van der Waals surface area contributed by atoms with Crippen molar-refractivity contribution in [1.29, 1.82) is 0 Å². The first-order chi connectivity index (χ1) is 4.86. The molecule has 1 saturated heterocycles. The Kier molecular flexibility index (Phi) is 1.38. The molecule has 56 valence electrons. The Morgan fingerprint density at radius 2 is 2.30 bits per heavy atom.